The molecule has 0 aliphatic heterocycles. The summed E-state index contributed by atoms with van der Waals surface area (Å²) in [6, 6.07) is 18.4. The third-order valence-electron chi connectivity index (χ3n) is 6.05. The minimum atomic E-state index is -1.15. The Hall–Kier alpha value is -4.60. The molecule has 0 aliphatic rings. The molecule has 3 aromatic carbocycles. The minimum Gasteiger partial charge on any atom is -0.497 e. The van der Waals surface area contributed by atoms with Crippen LogP contribution in [0.15, 0.2) is 66.7 Å². The molecule has 0 saturated heterocycles. The highest BCUT2D eigenvalue weighted by Gasteiger charge is 2.38. The molecule has 0 radical (unpaired) electrons. The monoisotopic (exact) mass is 531 g/mol. The van der Waals surface area contributed by atoms with Gasteiger partial charge in [0.05, 0.1) is 32.5 Å². The zero-order chi connectivity index (χ0) is 28.2. The van der Waals surface area contributed by atoms with Gasteiger partial charge in [0.15, 0.2) is 0 Å². The number of benzene rings is 3. The van der Waals surface area contributed by atoms with Crippen LogP contribution < -0.4 is 24.4 Å². The molecule has 1 N–H and O–H groups in total. The number of aromatic nitrogens is 3. The Morgan fingerprint density at radius 2 is 1.62 bits per heavy atom. The third-order valence-corrected chi connectivity index (χ3v) is 6.05. The summed E-state index contributed by atoms with van der Waals surface area (Å²) in [5.74, 6) is 0.536. The molecule has 10 nitrogen and oxygen atoms in total. The standard InChI is InChI=1S/C29H33N5O5/c1-29(2,3)30-28(36)27(20-17-19(37-4)15-16-24(20)38-5)34(23-13-9-10-14-25(23)39-6)26(35)18-33-22-12-8-7-11-21(22)31-32-33/h7-17,27H,18H2,1-6H3,(H,30,36). The van der Waals surface area contributed by atoms with Crippen LogP contribution in [-0.4, -0.2) is 53.7 Å². The van der Waals surface area contributed by atoms with Crippen LogP contribution in [0.25, 0.3) is 11.0 Å². The first kappa shape index (κ1) is 27.4. The Kier molecular flexibility index (Phi) is 8.04. The number of rotatable bonds is 9. The summed E-state index contributed by atoms with van der Waals surface area (Å²) in [5.41, 5.74) is 1.62. The second-order valence-corrected chi connectivity index (χ2v) is 9.92. The number of carbonyl (C=O) groups excluding carboxylic acids is 2. The zero-order valence-corrected chi connectivity index (χ0v) is 23.0. The lowest BCUT2D eigenvalue weighted by molar-refractivity contribution is -0.128. The van der Waals surface area contributed by atoms with Gasteiger partial charge in [-0.15, -0.1) is 5.10 Å². The van der Waals surface area contributed by atoms with Gasteiger partial charge in [0, 0.05) is 11.1 Å². The van der Waals surface area contributed by atoms with Gasteiger partial charge in [-0.25, -0.2) is 4.68 Å². The van der Waals surface area contributed by atoms with Crippen LogP contribution in [0.5, 0.6) is 17.2 Å². The Labute approximate surface area is 227 Å². The first-order valence-corrected chi connectivity index (χ1v) is 12.4. The van der Waals surface area contributed by atoms with E-state index in [1.165, 1.54) is 30.9 Å². The molecule has 1 unspecified atom stereocenters. The van der Waals surface area contributed by atoms with Crippen molar-refractivity contribution in [1.82, 2.24) is 20.3 Å². The molecule has 0 fully saturated rings. The third kappa shape index (κ3) is 5.95. The molecule has 10 heteroatoms. The van der Waals surface area contributed by atoms with Gasteiger partial charge in [0.25, 0.3) is 0 Å². The van der Waals surface area contributed by atoms with Gasteiger partial charge in [-0.05, 0) is 63.2 Å². The van der Waals surface area contributed by atoms with Crippen LogP contribution in [0, 0.1) is 0 Å². The number of nitrogens with zero attached hydrogens (tertiary/aromatic N) is 4. The van der Waals surface area contributed by atoms with Crippen molar-refractivity contribution in [2.45, 2.75) is 38.9 Å². The van der Waals surface area contributed by atoms with Crippen molar-refractivity contribution in [1.29, 1.82) is 0 Å². The highest BCUT2D eigenvalue weighted by atomic mass is 16.5. The molecule has 0 saturated carbocycles. The fourth-order valence-corrected chi connectivity index (χ4v) is 4.37. The minimum absolute atomic E-state index is 0.176. The Balaban J connectivity index is 1.93. The first-order chi connectivity index (χ1) is 18.7. The van der Waals surface area contributed by atoms with Gasteiger partial charge >= 0.3 is 0 Å². The van der Waals surface area contributed by atoms with Crippen molar-refractivity contribution in [2.75, 3.05) is 26.2 Å². The number of anilines is 1. The van der Waals surface area contributed by atoms with Gasteiger partial charge in [0.2, 0.25) is 11.8 Å². The molecule has 0 aliphatic carbocycles. The maximum Gasteiger partial charge on any atom is 0.249 e. The number of carbonyl (C=O) groups is 2. The topological polar surface area (TPSA) is 108 Å². The molecule has 1 aromatic heterocycles. The number of ether oxygens (including phenoxy) is 3. The number of para-hydroxylation sites is 3. The largest absolute Gasteiger partial charge is 0.497 e. The van der Waals surface area contributed by atoms with E-state index >= 15 is 0 Å². The molecule has 0 spiro atoms. The van der Waals surface area contributed by atoms with Crippen molar-refractivity contribution in [3.05, 3.63) is 72.3 Å². The Morgan fingerprint density at radius 3 is 2.31 bits per heavy atom. The molecule has 2 amide bonds. The summed E-state index contributed by atoms with van der Waals surface area (Å²) >= 11 is 0. The molecular formula is C29H33N5O5. The van der Waals surface area contributed by atoms with Crippen LogP contribution >= 0.6 is 0 Å². The number of hydrogen-bond acceptors (Lipinski definition) is 7. The number of nitrogens with one attached hydrogen (secondary N) is 1. The van der Waals surface area contributed by atoms with Crippen LogP contribution in [-0.2, 0) is 16.1 Å². The maximum atomic E-state index is 14.3. The van der Waals surface area contributed by atoms with Crippen molar-refractivity contribution in [3.8, 4) is 17.2 Å². The van der Waals surface area contributed by atoms with E-state index in [-0.39, 0.29) is 6.54 Å². The van der Waals surface area contributed by atoms with Crippen LogP contribution in [0.4, 0.5) is 5.69 Å². The summed E-state index contributed by atoms with van der Waals surface area (Å²) in [6.07, 6.45) is 0. The van der Waals surface area contributed by atoms with Gasteiger partial charge < -0.3 is 19.5 Å². The Morgan fingerprint density at radius 1 is 0.923 bits per heavy atom. The van der Waals surface area contributed by atoms with Crippen LogP contribution in [0.1, 0.15) is 32.4 Å². The van der Waals surface area contributed by atoms with Crippen LogP contribution in [0.2, 0.25) is 0 Å². The molecule has 1 atom stereocenters. The average Bonchev–Trinajstić information content (AvgIpc) is 3.32. The number of amides is 2. The van der Waals surface area contributed by atoms with Crippen LogP contribution in [0.3, 0.4) is 0 Å². The zero-order valence-electron chi connectivity index (χ0n) is 23.0. The molecular weight excluding hydrogens is 498 g/mol. The molecule has 1 heterocycles. The van der Waals surface area contributed by atoms with E-state index in [4.69, 9.17) is 14.2 Å². The lowest BCUT2D eigenvalue weighted by Crippen LogP contribution is -2.50. The number of fused-ring (bicyclic) bond motifs is 1. The molecule has 0 bridgehead atoms. The summed E-state index contributed by atoms with van der Waals surface area (Å²) in [7, 11) is 4.57. The number of hydrogen-bond donors (Lipinski definition) is 1. The Bertz CT molecular complexity index is 1480. The summed E-state index contributed by atoms with van der Waals surface area (Å²) in [4.78, 5) is 29.8. The lowest BCUT2D eigenvalue weighted by Gasteiger charge is -2.35. The van der Waals surface area contributed by atoms with Crippen molar-refractivity contribution in [2.24, 2.45) is 0 Å². The predicted octanol–water partition coefficient (Wildman–Crippen LogP) is 4.15. The summed E-state index contributed by atoms with van der Waals surface area (Å²) in [5, 5.41) is 11.4. The van der Waals surface area contributed by atoms with E-state index in [9.17, 15) is 9.59 Å². The van der Waals surface area contributed by atoms with E-state index in [0.29, 0.717) is 39.5 Å². The molecule has 4 rings (SSSR count). The summed E-state index contributed by atoms with van der Waals surface area (Å²) < 4.78 is 18.3. The van der Waals surface area contributed by atoms with Crippen molar-refractivity contribution >= 4 is 28.5 Å². The molecule has 4 aromatic rings. The normalized spacial score (nSPS) is 12.1. The summed E-state index contributed by atoms with van der Waals surface area (Å²) in [6.45, 7) is 5.45. The number of methoxy groups -OCH3 is 3. The van der Waals surface area contributed by atoms with E-state index < -0.39 is 23.4 Å². The van der Waals surface area contributed by atoms with Gasteiger partial charge in [-0.3, -0.25) is 14.5 Å². The average molecular weight is 532 g/mol. The fraction of sp³-hybridized carbons (Fsp3) is 0.310. The van der Waals surface area contributed by atoms with E-state index in [1.807, 2.05) is 45.0 Å². The maximum absolute atomic E-state index is 14.3. The smallest absolute Gasteiger partial charge is 0.249 e. The second kappa shape index (κ2) is 11.4. The van der Waals surface area contributed by atoms with Crippen molar-refractivity contribution < 1.29 is 23.8 Å². The first-order valence-electron chi connectivity index (χ1n) is 12.4. The van der Waals surface area contributed by atoms with E-state index in [2.05, 4.69) is 15.6 Å². The SMILES string of the molecule is COc1ccc(OC)c(C(C(=O)NC(C)(C)C)N(C(=O)Cn2nnc3ccccc32)c2ccccc2OC)c1. The fourth-order valence-electron chi connectivity index (χ4n) is 4.37. The highest BCUT2D eigenvalue weighted by Crippen LogP contribution is 2.39. The van der Waals surface area contributed by atoms with Gasteiger partial charge in [-0.1, -0.05) is 29.5 Å². The molecule has 204 valence electrons. The highest BCUT2D eigenvalue weighted by molar-refractivity contribution is 6.03. The van der Waals surface area contributed by atoms with Gasteiger partial charge in [-0.2, -0.15) is 0 Å². The van der Waals surface area contributed by atoms with Crippen molar-refractivity contribution in [3.63, 3.8) is 0 Å². The van der Waals surface area contributed by atoms with E-state index in [0.717, 1.165) is 0 Å². The second-order valence-electron chi connectivity index (χ2n) is 9.92. The lowest BCUT2D eigenvalue weighted by atomic mass is 9.99. The van der Waals surface area contributed by atoms with Gasteiger partial charge in [0.1, 0.15) is 35.4 Å². The molecule has 39 heavy (non-hydrogen) atoms. The van der Waals surface area contributed by atoms with E-state index in [1.54, 1.807) is 42.5 Å². The predicted molar refractivity (Wildman–Crippen MR) is 148 cm³/mol. The quantitative estimate of drug-likeness (QED) is 0.346.